The molecule has 2 fully saturated rings. The number of carbonyl (C=O) groups excluding carboxylic acids is 1. The number of hydrogen-bond acceptors (Lipinski definition) is 3. The predicted octanol–water partition coefficient (Wildman–Crippen LogP) is 2.73. The number of anilines is 1. The van der Waals surface area contributed by atoms with Crippen molar-refractivity contribution in [2.75, 3.05) is 11.4 Å². The molecule has 0 atom stereocenters. The number of hydrogen-bond donors (Lipinski definition) is 1. The van der Waals surface area contributed by atoms with Crippen LogP contribution in [0.1, 0.15) is 37.7 Å². The maximum atomic E-state index is 12.5. The van der Waals surface area contributed by atoms with Gasteiger partial charge in [0.25, 0.3) is 0 Å². The number of halogens is 3. The Morgan fingerprint density at radius 1 is 1.14 bits per heavy atom. The molecule has 1 saturated heterocycles. The van der Waals surface area contributed by atoms with E-state index in [0.29, 0.717) is 18.9 Å². The summed E-state index contributed by atoms with van der Waals surface area (Å²) in [5, 5.41) is 2.95. The predicted molar refractivity (Wildman–Crippen MR) is 68.7 cm³/mol. The van der Waals surface area contributed by atoms with Gasteiger partial charge < -0.3 is 5.32 Å². The van der Waals surface area contributed by atoms with Gasteiger partial charge in [-0.2, -0.15) is 13.2 Å². The summed E-state index contributed by atoms with van der Waals surface area (Å²) in [5.74, 6) is 0.0166. The molecule has 3 rings (SSSR count). The van der Waals surface area contributed by atoms with Crippen molar-refractivity contribution in [3.63, 3.8) is 0 Å². The van der Waals surface area contributed by atoms with E-state index in [9.17, 15) is 18.0 Å². The summed E-state index contributed by atoms with van der Waals surface area (Å²) in [4.78, 5) is 20.7. The molecule has 8 heteroatoms. The minimum Gasteiger partial charge on any atom is -0.330 e. The van der Waals surface area contributed by atoms with Crippen LogP contribution in [-0.4, -0.2) is 28.1 Å². The molecule has 0 unspecified atom stereocenters. The number of nitrogens with one attached hydrogen (secondary N) is 1. The summed E-state index contributed by atoms with van der Waals surface area (Å²) in [6, 6.07) is -0.336. The molecular formula is C13H15F3N4O. The zero-order valence-electron chi connectivity index (χ0n) is 11.3. The van der Waals surface area contributed by atoms with Crippen molar-refractivity contribution in [1.82, 2.24) is 15.3 Å². The van der Waals surface area contributed by atoms with Crippen molar-refractivity contribution in [3.05, 3.63) is 18.0 Å². The van der Waals surface area contributed by atoms with Gasteiger partial charge in [-0.25, -0.2) is 14.8 Å². The van der Waals surface area contributed by atoms with Gasteiger partial charge in [0, 0.05) is 12.4 Å². The van der Waals surface area contributed by atoms with Crippen molar-refractivity contribution < 1.29 is 18.0 Å². The second kappa shape index (κ2) is 4.85. The highest BCUT2D eigenvalue weighted by atomic mass is 19.4. The zero-order chi connectivity index (χ0) is 15.1. The van der Waals surface area contributed by atoms with E-state index in [4.69, 9.17) is 0 Å². The Kier molecular flexibility index (Phi) is 3.26. The van der Waals surface area contributed by atoms with E-state index in [1.165, 1.54) is 4.90 Å². The van der Waals surface area contributed by atoms with Crippen LogP contribution >= 0.6 is 0 Å². The first-order valence-electron chi connectivity index (χ1n) is 6.89. The molecule has 2 heterocycles. The Bertz CT molecular complexity index is 537. The van der Waals surface area contributed by atoms with E-state index in [-0.39, 0.29) is 17.5 Å². The Labute approximate surface area is 119 Å². The quantitative estimate of drug-likeness (QED) is 0.867. The third kappa shape index (κ3) is 2.66. The first-order chi connectivity index (χ1) is 9.90. The monoisotopic (exact) mass is 300 g/mol. The van der Waals surface area contributed by atoms with Crippen LogP contribution in [-0.2, 0) is 6.18 Å². The third-order valence-electron chi connectivity index (χ3n) is 4.10. The van der Waals surface area contributed by atoms with Gasteiger partial charge in [-0.15, -0.1) is 0 Å². The van der Waals surface area contributed by atoms with Crippen LogP contribution in [0.3, 0.4) is 0 Å². The van der Waals surface area contributed by atoms with Gasteiger partial charge in [-0.05, 0) is 12.8 Å². The van der Waals surface area contributed by atoms with Crippen LogP contribution in [0.5, 0.6) is 0 Å². The SMILES string of the molecule is O=C1NC2(CCCCC2)CN1c1ncc(C(F)(F)F)cn1. The average molecular weight is 300 g/mol. The Morgan fingerprint density at radius 3 is 2.33 bits per heavy atom. The highest BCUT2D eigenvalue weighted by molar-refractivity contribution is 5.93. The Morgan fingerprint density at radius 2 is 1.76 bits per heavy atom. The lowest BCUT2D eigenvalue weighted by molar-refractivity contribution is -0.138. The zero-order valence-corrected chi connectivity index (χ0v) is 11.3. The lowest BCUT2D eigenvalue weighted by atomic mass is 9.82. The number of carbonyl (C=O) groups is 1. The summed E-state index contributed by atoms with van der Waals surface area (Å²) < 4.78 is 37.5. The molecule has 2 aliphatic rings. The second-order valence-corrected chi connectivity index (χ2v) is 5.63. The van der Waals surface area contributed by atoms with Crippen LogP contribution in [0.25, 0.3) is 0 Å². The molecule has 1 aliphatic heterocycles. The molecule has 1 N–H and O–H groups in total. The minimum atomic E-state index is -4.48. The summed E-state index contributed by atoms with van der Waals surface area (Å²) in [6.45, 7) is 0.414. The van der Waals surface area contributed by atoms with Gasteiger partial charge in [0.1, 0.15) is 0 Å². The molecule has 0 bridgehead atoms. The van der Waals surface area contributed by atoms with Crippen molar-refractivity contribution >= 4 is 12.0 Å². The van der Waals surface area contributed by atoms with Gasteiger partial charge in [0.2, 0.25) is 5.95 Å². The molecule has 2 amide bonds. The van der Waals surface area contributed by atoms with E-state index in [0.717, 1.165) is 32.1 Å². The molecule has 114 valence electrons. The normalized spacial score (nSPS) is 21.7. The van der Waals surface area contributed by atoms with Crippen LogP contribution < -0.4 is 10.2 Å². The molecule has 0 aromatic carbocycles. The number of amides is 2. The third-order valence-corrected chi connectivity index (χ3v) is 4.10. The fourth-order valence-electron chi connectivity index (χ4n) is 2.99. The number of alkyl halides is 3. The van der Waals surface area contributed by atoms with E-state index in [1.807, 2.05) is 0 Å². The molecule has 1 aliphatic carbocycles. The largest absolute Gasteiger partial charge is 0.419 e. The molecule has 1 spiro atoms. The standard InChI is InChI=1S/C13H15F3N4O/c14-13(15,16)9-6-17-10(18-7-9)20-8-12(19-11(20)21)4-2-1-3-5-12/h6-7H,1-5,8H2,(H,19,21). The number of nitrogens with zero attached hydrogens (tertiary/aromatic N) is 3. The van der Waals surface area contributed by atoms with Crippen molar-refractivity contribution in [2.45, 2.75) is 43.8 Å². The Balaban J connectivity index is 1.79. The first kappa shape index (κ1) is 14.1. The summed E-state index contributed by atoms with van der Waals surface area (Å²) >= 11 is 0. The van der Waals surface area contributed by atoms with Crippen LogP contribution in [0.4, 0.5) is 23.9 Å². The lowest BCUT2D eigenvalue weighted by Crippen LogP contribution is -2.44. The number of urea groups is 1. The summed E-state index contributed by atoms with van der Waals surface area (Å²) in [6.07, 6.45) is 1.95. The average Bonchev–Trinajstić information content (AvgIpc) is 2.75. The molecule has 1 aromatic heterocycles. The fraction of sp³-hybridized carbons (Fsp3) is 0.615. The smallest absolute Gasteiger partial charge is 0.330 e. The van der Waals surface area contributed by atoms with Crippen molar-refractivity contribution in [2.24, 2.45) is 0 Å². The van der Waals surface area contributed by atoms with Crippen LogP contribution in [0.15, 0.2) is 12.4 Å². The number of aromatic nitrogens is 2. The van der Waals surface area contributed by atoms with Gasteiger partial charge in [-0.1, -0.05) is 19.3 Å². The van der Waals surface area contributed by atoms with Crippen molar-refractivity contribution in [3.8, 4) is 0 Å². The van der Waals surface area contributed by atoms with E-state index in [1.54, 1.807) is 0 Å². The fourth-order valence-corrected chi connectivity index (χ4v) is 2.99. The van der Waals surface area contributed by atoms with Gasteiger partial charge >= 0.3 is 12.2 Å². The summed E-state index contributed by atoms with van der Waals surface area (Å²) in [5.41, 5.74) is -1.19. The lowest BCUT2D eigenvalue weighted by Gasteiger charge is -2.32. The molecule has 5 nitrogen and oxygen atoms in total. The van der Waals surface area contributed by atoms with Crippen molar-refractivity contribution in [1.29, 1.82) is 0 Å². The second-order valence-electron chi connectivity index (χ2n) is 5.63. The van der Waals surface area contributed by atoms with Crippen LogP contribution in [0, 0.1) is 0 Å². The molecule has 0 radical (unpaired) electrons. The maximum absolute atomic E-state index is 12.5. The maximum Gasteiger partial charge on any atom is 0.419 e. The first-order valence-corrected chi connectivity index (χ1v) is 6.89. The van der Waals surface area contributed by atoms with E-state index < -0.39 is 11.7 Å². The highest BCUT2D eigenvalue weighted by Crippen LogP contribution is 2.34. The van der Waals surface area contributed by atoms with Gasteiger partial charge in [0.15, 0.2) is 0 Å². The van der Waals surface area contributed by atoms with E-state index in [2.05, 4.69) is 15.3 Å². The van der Waals surface area contributed by atoms with Gasteiger partial charge in [0.05, 0.1) is 17.6 Å². The molecular weight excluding hydrogens is 285 g/mol. The van der Waals surface area contributed by atoms with Gasteiger partial charge in [-0.3, -0.25) is 4.90 Å². The highest BCUT2D eigenvalue weighted by Gasteiger charge is 2.44. The summed E-state index contributed by atoms with van der Waals surface area (Å²) in [7, 11) is 0. The number of rotatable bonds is 1. The van der Waals surface area contributed by atoms with E-state index >= 15 is 0 Å². The molecule has 1 saturated carbocycles. The molecule has 1 aromatic rings. The molecule has 21 heavy (non-hydrogen) atoms. The van der Waals surface area contributed by atoms with Crippen LogP contribution in [0.2, 0.25) is 0 Å². The topological polar surface area (TPSA) is 58.1 Å². The Hall–Kier alpha value is -1.86. The minimum absolute atomic E-state index is 0.0166.